The van der Waals surface area contributed by atoms with Crippen LogP contribution in [0.4, 0.5) is 4.39 Å². The number of carboxylic acids is 1. The van der Waals surface area contributed by atoms with E-state index in [0.29, 0.717) is 34.0 Å². The fourth-order valence-electron chi connectivity index (χ4n) is 2.21. The first-order valence-electron chi connectivity index (χ1n) is 6.85. The summed E-state index contributed by atoms with van der Waals surface area (Å²) >= 11 is 3.32. The Labute approximate surface area is 134 Å². The maximum absolute atomic E-state index is 13.8. The number of nitrogens with zero attached hydrogens (tertiary/aromatic N) is 2. The van der Waals surface area contributed by atoms with Crippen LogP contribution in [0.15, 0.2) is 22.7 Å². The number of aromatic carboxylic acids is 1. The number of halogens is 2. The van der Waals surface area contributed by atoms with E-state index in [2.05, 4.69) is 21.0 Å². The van der Waals surface area contributed by atoms with E-state index < -0.39 is 11.8 Å². The number of benzene rings is 1. The summed E-state index contributed by atoms with van der Waals surface area (Å²) in [6.45, 7) is 0.570. The minimum atomic E-state index is -1.13. The standard InChI is InChI=1S/C15H14BrFN2O3/c1-19-13(6-12(18-19)15(20)21)10-4-9(17)5-11(16)14(10)22-7-8-2-3-8/h4-6,8H,2-3,7H2,1H3,(H,20,21). The number of hydrogen-bond donors (Lipinski definition) is 1. The average molecular weight is 369 g/mol. The zero-order valence-corrected chi connectivity index (χ0v) is 13.4. The number of aryl methyl sites for hydroxylation is 1. The SMILES string of the molecule is Cn1nc(C(=O)O)cc1-c1cc(F)cc(Br)c1OCC1CC1. The predicted octanol–water partition coefficient (Wildman–Crippen LogP) is 3.48. The highest BCUT2D eigenvalue weighted by Crippen LogP contribution is 2.39. The van der Waals surface area contributed by atoms with E-state index in [1.807, 2.05) is 0 Å². The molecule has 0 aliphatic heterocycles. The van der Waals surface area contributed by atoms with Gasteiger partial charge in [-0.3, -0.25) is 4.68 Å². The molecule has 22 heavy (non-hydrogen) atoms. The Bertz CT molecular complexity index is 741. The van der Waals surface area contributed by atoms with Crippen LogP contribution in [0.2, 0.25) is 0 Å². The minimum absolute atomic E-state index is 0.0916. The molecule has 0 amide bonds. The van der Waals surface area contributed by atoms with Gasteiger partial charge in [0, 0.05) is 12.6 Å². The summed E-state index contributed by atoms with van der Waals surface area (Å²) in [5.41, 5.74) is 0.879. The van der Waals surface area contributed by atoms with Crippen molar-refractivity contribution in [1.29, 1.82) is 0 Å². The fraction of sp³-hybridized carbons (Fsp3) is 0.333. The summed E-state index contributed by atoms with van der Waals surface area (Å²) in [4.78, 5) is 11.0. The molecule has 0 saturated heterocycles. The summed E-state index contributed by atoms with van der Waals surface area (Å²) in [5.74, 6) is -0.504. The molecule has 0 radical (unpaired) electrons. The van der Waals surface area contributed by atoms with Gasteiger partial charge in [-0.2, -0.15) is 5.10 Å². The normalized spacial score (nSPS) is 14.1. The quantitative estimate of drug-likeness (QED) is 0.877. The lowest BCUT2D eigenvalue weighted by Crippen LogP contribution is -2.03. The largest absolute Gasteiger partial charge is 0.491 e. The van der Waals surface area contributed by atoms with E-state index in [4.69, 9.17) is 9.84 Å². The van der Waals surface area contributed by atoms with Crippen molar-refractivity contribution < 1.29 is 19.0 Å². The minimum Gasteiger partial charge on any atom is -0.491 e. The number of carboxylic acid groups (broad SMARTS) is 1. The number of ether oxygens (including phenoxy) is 1. The van der Waals surface area contributed by atoms with Gasteiger partial charge in [0.2, 0.25) is 0 Å². The topological polar surface area (TPSA) is 64.4 Å². The molecule has 2 aromatic rings. The van der Waals surface area contributed by atoms with Crippen LogP contribution in [-0.4, -0.2) is 27.5 Å². The molecule has 1 aliphatic carbocycles. The highest BCUT2D eigenvalue weighted by Gasteiger charge is 2.24. The van der Waals surface area contributed by atoms with Crippen molar-refractivity contribution in [1.82, 2.24) is 9.78 Å². The van der Waals surface area contributed by atoms with Crippen molar-refractivity contribution in [3.63, 3.8) is 0 Å². The summed E-state index contributed by atoms with van der Waals surface area (Å²) in [6.07, 6.45) is 2.28. The van der Waals surface area contributed by atoms with E-state index in [9.17, 15) is 9.18 Å². The molecule has 0 atom stereocenters. The third-order valence-corrected chi connectivity index (χ3v) is 4.13. The van der Waals surface area contributed by atoms with Gasteiger partial charge in [-0.15, -0.1) is 0 Å². The molecule has 1 fully saturated rings. The Morgan fingerprint density at radius 3 is 2.82 bits per heavy atom. The van der Waals surface area contributed by atoms with Gasteiger partial charge in [0.15, 0.2) is 5.69 Å². The van der Waals surface area contributed by atoms with Gasteiger partial charge in [-0.25, -0.2) is 9.18 Å². The Kier molecular flexibility index (Phi) is 3.90. The zero-order chi connectivity index (χ0) is 15.9. The van der Waals surface area contributed by atoms with E-state index in [-0.39, 0.29) is 5.69 Å². The molecule has 0 spiro atoms. The lowest BCUT2D eigenvalue weighted by atomic mass is 10.1. The molecular weight excluding hydrogens is 355 g/mol. The zero-order valence-electron chi connectivity index (χ0n) is 11.8. The van der Waals surface area contributed by atoms with Gasteiger partial charge < -0.3 is 9.84 Å². The molecular formula is C15H14BrFN2O3. The molecule has 1 N–H and O–H groups in total. The molecule has 1 saturated carbocycles. The van der Waals surface area contributed by atoms with Crippen molar-refractivity contribution in [3.05, 3.63) is 34.2 Å². The van der Waals surface area contributed by atoms with Crippen LogP contribution < -0.4 is 4.74 Å². The first kappa shape index (κ1) is 15.0. The van der Waals surface area contributed by atoms with E-state index in [0.717, 1.165) is 12.8 Å². The second-order valence-electron chi connectivity index (χ2n) is 5.36. The summed E-state index contributed by atoms with van der Waals surface area (Å²) in [5, 5.41) is 13.0. The highest BCUT2D eigenvalue weighted by atomic mass is 79.9. The molecule has 5 nitrogen and oxygen atoms in total. The Hall–Kier alpha value is -1.89. The van der Waals surface area contributed by atoms with Crippen LogP contribution in [0.3, 0.4) is 0 Å². The first-order valence-corrected chi connectivity index (χ1v) is 7.64. The van der Waals surface area contributed by atoms with Gasteiger partial charge in [0.1, 0.15) is 11.6 Å². The van der Waals surface area contributed by atoms with Crippen molar-refractivity contribution in [2.75, 3.05) is 6.61 Å². The second kappa shape index (κ2) is 5.72. The summed E-state index contributed by atoms with van der Waals surface area (Å²) < 4.78 is 21.5. The van der Waals surface area contributed by atoms with Crippen LogP contribution in [-0.2, 0) is 7.05 Å². The maximum atomic E-state index is 13.8. The Balaban J connectivity index is 2.05. The lowest BCUT2D eigenvalue weighted by Gasteiger charge is -2.13. The molecule has 116 valence electrons. The average Bonchev–Trinajstić information content (AvgIpc) is 3.18. The van der Waals surface area contributed by atoms with Gasteiger partial charge in [0.25, 0.3) is 0 Å². The molecule has 1 aromatic heterocycles. The monoisotopic (exact) mass is 368 g/mol. The molecule has 1 heterocycles. The Morgan fingerprint density at radius 1 is 1.50 bits per heavy atom. The van der Waals surface area contributed by atoms with Gasteiger partial charge in [0.05, 0.1) is 16.8 Å². The third kappa shape index (κ3) is 2.99. The number of aromatic nitrogens is 2. The van der Waals surface area contributed by atoms with Crippen molar-refractivity contribution in [2.45, 2.75) is 12.8 Å². The lowest BCUT2D eigenvalue weighted by molar-refractivity contribution is 0.0689. The van der Waals surface area contributed by atoms with Gasteiger partial charge >= 0.3 is 5.97 Å². The van der Waals surface area contributed by atoms with Crippen LogP contribution in [0, 0.1) is 11.7 Å². The second-order valence-corrected chi connectivity index (χ2v) is 6.22. The number of carbonyl (C=O) groups is 1. The predicted molar refractivity (Wildman–Crippen MR) is 81.5 cm³/mol. The molecule has 1 aromatic carbocycles. The van der Waals surface area contributed by atoms with E-state index in [1.165, 1.54) is 22.9 Å². The number of hydrogen-bond acceptors (Lipinski definition) is 3. The molecule has 0 unspecified atom stereocenters. The van der Waals surface area contributed by atoms with Crippen molar-refractivity contribution >= 4 is 21.9 Å². The number of rotatable bonds is 5. The summed E-state index contributed by atoms with van der Waals surface area (Å²) in [6, 6.07) is 4.07. The Morgan fingerprint density at radius 2 is 2.23 bits per heavy atom. The van der Waals surface area contributed by atoms with Gasteiger partial charge in [-0.05, 0) is 52.9 Å². The van der Waals surface area contributed by atoms with Gasteiger partial charge in [-0.1, -0.05) is 0 Å². The maximum Gasteiger partial charge on any atom is 0.356 e. The van der Waals surface area contributed by atoms with E-state index >= 15 is 0 Å². The van der Waals surface area contributed by atoms with Crippen LogP contribution >= 0.6 is 15.9 Å². The van der Waals surface area contributed by atoms with Crippen LogP contribution in [0.1, 0.15) is 23.3 Å². The van der Waals surface area contributed by atoms with Crippen LogP contribution in [0.5, 0.6) is 5.75 Å². The van der Waals surface area contributed by atoms with Crippen LogP contribution in [0.25, 0.3) is 11.3 Å². The highest BCUT2D eigenvalue weighted by molar-refractivity contribution is 9.10. The molecule has 0 bridgehead atoms. The molecule has 7 heteroatoms. The third-order valence-electron chi connectivity index (χ3n) is 3.54. The smallest absolute Gasteiger partial charge is 0.356 e. The fourth-order valence-corrected chi connectivity index (χ4v) is 2.75. The summed E-state index contributed by atoms with van der Waals surface area (Å²) in [7, 11) is 1.62. The van der Waals surface area contributed by atoms with E-state index in [1.54, 1.807) is 7.05 Å². The van der Waals surface area contributed by atoms with Crippen molar-refractivity contribution in [2.24, 2.45) is 13.0 Å². The van der Waals surface area contributed by atoms with Crippen molar-refractivity contribution in [3.8, 4) is 17.0 Å². The molecule has 1 aliphatic rings. The molecule has 3 rings (SSSR count). The first-order chi connectivity index (χ1) is 10.5.